The van der Waals surface area contributed by atoms with Gasteiger partial charge in [0.2, 0.25) is 5.91 Å². The van der Waals surface area contributed by atoms with Crippen LogP contribution in [0.3, 0.4) is 0 Å². The summed E-state index contributed by atoms with van der Waals surface area (Å²) in [7, 11) is 0. The van der Waals surface area contributed by atoms with Crippen LogP contribution >= 0.6 is 0 Å². The molecule has 0 aromatic heterocycles. The molecule has 6 heteroatoms. The van der Waals surface area contributed by atoms with Crippen LogP contribution in [0.2, 0.25) is 0 Å². The summed E-state index contributed by atoms with van der Waals surface area (Å²) in [4.78, 5) is 22.3. The van der Waals surface area contributed by atoms with Gasteiger partial charge < -0.3 is 20.8 Å². The number of hydrogen-bond acceptors (Lipinski definition) is 4. The van der Waals surface area contributed by atoms with Crippen LogP contribution in [0.5, 0.6) is 0 Å². The van der Waals surface area contributed by atoms with Crippen molar-refractivity contribution >= 4 is 11.9 Å². The average Bonchev–Trinajstić information content (AvgIpc) is 2.34. The van der Waals surface area contributed by atoms with E-state index >= 15 is 0 Å². The average molecular weight is 274 g/mol. The van der Waals surface area contributed by atoms with E-state index < -0.39 is 17.9 Å². The Balaban J connectivity index is 3.77. The number of aliphatic hydroxyl groups excluding tert-OH is 1. The second-order valence-electron chi connectivity index (χ2n) is 5.08. The first-order valence-corrected chi connectivity index (χ1v) is 6.75. The maximum atomic E-state index is 11.3. The monoisotopic (exact) mass is 274 g/mol. The van der Waals surface area contributed by atoms with Gasteiger partial charge in [-0.15, -0.1) is 0 Å². The van der Waals surface area contributed by atoms with E-state index in [9.17, 15) is 9.59 Å². The second kappa shape index (κ2) is 9.75. The number of aliphatic hydroxyl groups is 1. The van der Waals surface area contributed by atoms with Crippen molar-refractivity contribution in [1.29, 1.82) is 0 Å². The first-order valence-electron chi connectivity index (χ1n) is 6.75. The van der Waals surface area contributed by atoms with E-state index in [0.29, 0.717) is 13.0 Å². The summed E-state index contributed by atoms with van der Waals surface area (Å²) in [5, 5.41) is 23.5. The Kier molecular flexibility index (Phi) is 9.16. The maximum Gasteiger partial charge on any atom is 0.320 e. The van der Waals surface area contributed by atoms with Gasteiger partial charge in [-0.1, -0.05) is 20.8 Å². The van der Waals surface area contributed by atoms with Gasteiger partial charge in [-0.2, -0.15) is 0 Å². The van der Waals surface area contributed by atoms with Crippen molar-refractivity contribution < 1.29 is 19.8 Å². The molecular formula is C13H26N2O4. The number of carbonyl (C=O) groups is 2. The number of unbranched alkanes of at least 4 members (excludes halogenated alkanes) is 1. The van der Waals surface area contributed by atoms with Crippen LogP contribution in [0.15, 0.2) is 0 Å². The van der Waals surface area contributed by atoms with Gasteiger partial charge in [0, 0.05) is 12.6 Å². The molecule has 0 aliphatic carbocycles. The van der Waals surface area contributed by atoms with Crippen molar-refractivity contribution in [1.82, 2.24) is 10.6 Å². The van der Waals surface area contributed by atoms with E-state index in [-0.39, 0.29) is 18.6 Å². The van der Waals surface area contributed by atoms with Crippen LogP contribution in [0, 0.1) is 5.92 Å². The molecule has 112 valence electrons. The largest absolute Gasteiger partial charge is 0.480 e. The lowest BCUT2D eigenvalue weighted by atomic mass is 10.1. The maximum absolute atomic E-state index is 11.3. The minimum Gasteiger partial charge on any atom is -0.480 e. The van der Waals surface area contributed by atoms with Crippen molar-refractivity contribution in [3.8, 4) is 0 Å². The number of amides is 1. The molecule has 0 aromatic carbocycles. The van der Waals surface area contributed by atoms with Crippen LogP contribution in [-0.4, -0.2) is 47.3 Å². The van der Waals surface area contributed by atoms with Crippen molar-refractivity contribution in [2.75, 3.05) is 13.2 Å². The highest BCUT2D eigenvalue weighted by atomic mass is 16.4. The first-order chi connectivity index (χ1) is 8.88. The van der Waals surface area contributed by atoms with Crippen LogP contribution < -0.4 is 10.6 Å². The van der Waals surface area contributed by atoms with Gasteiger partial charge in [-0.25, -0.2) is 0 Å². The number of nitrogens with one attached hydrogen (secondary N) is 2. The smallest absolute Gasteiger partial charge is 0.320 e. The lowest BCUT2D eigenvalue weighted by Gasteiger charge is -2.17. The van der Waals surface area contributed by atoms with Crippen molar-refractivity contribution in [2.24, 2.45) is 5.92 Å². The van der Waals surface area contributed by atoms with E-state index in [1.54, 1.807) is 6.92 Å². The quantitative estimate of drug-likeness (QED) is 0.431. The molecule has 0 saturated carbocycles. The molecule has 4 N–H and O–H groups in total. The molecule has 1 amide bonds. The van der Waals surface area contributed by atoms with Gasteiger partial charge in [0.05, 0.1) is 12.5 Å². The van der Waals surface area contributed by atoms with Gasteiger partial charge in [-0.05, 0) is 19.3 Å². The van der Waals surface area contributed by atoms with Crippen LogP contribution in [-0.2, 0) is 9.59 Å². The number of hydrogen-bond donors (Lipinski definition) is 4. The van der Waals surface area contributed by atoms with E-state index in [4.69, 9.17) is 10.2 Å². The Labute approximate surface area is 114 Å². The minimum absolute atomic E-state index is 0.131. The van der Waals surface area contributed by atoms with Crippen LogP contribution in [0.25, 0.3) is 0 Å². The summed E-state index contributed by atoms with van der Waals surface area (Å²) in [6, 6.07) is -0.404. The zero-order chi connectivity index (χ0) is 14.8. The minimum atomic E-state index is -0.841. The molecule has 0 radical (unpaired) electrons. The predicted octanol–water partition coefficient (Wildman–Crippen LogP) is 0.353. The highest BCUT2D eigenvalue weighted by molar-refractivity contribution is 5.78. The number of carbonyl (C=O) groups excluding carboxylic acids is 1. The highest BCUT2D eigenvalue weighted by Gasteiger charge is 2.17. The SMILES string of the molecule is CC(C)N[C@@H](CCCCNC(=O)[C@H](C)CO)C(=O)O. The molecule has 0 saturated heterocycles. The van der Waals surface area contributed by atoms with Gasteiger partial charge in [0.15, 0.2) is 0 Å². The number of carboxylic acids is 1. The molecule has 0 aliphatic heterocycles. The van der Waals surface area contributed by atoms with Gasteiger partial charge in [0.25, 0.3) is 0 Å². The molecular weight excluding hydrogens is 248 g/mol. The Morgan fingerprint density at radius 1 is 1.16 bits per heavy atom. The third kappa shape index (κ3) is 8.56. The molecule has 0 spiro atoms. The van der Waals surface area contributed by atoms with Crippen LogP contribution in [0.4, 0.5) is 0 Å². The van der Waals surface area contributed by atoms with Crippen molar-refractivity contribution in [3.63, 3.8) is 0 Å². The fourth-order valence-electron chi connectivity index (χ4n) is 1.62. The molecule has 2 atom stereocenters. The summed E-state index contributed by atoms with van der Waals surface area (Å²) in [6.45, 7) is 5.82. The van der Waals surface area contributed by atoms with E-state index in [2.05, 4.69) is 10.6 Å². The Morgan fingerprint density at radius 3 is 2.26 bits per heavy atom. The lowest BCUT2D eigenvalue weighted by molar-refractivity contribution is -0.140. The summed E-state index contributed by atoms with van der Waals surface area (Å²) in [5.41, 5.74) is 0. The lowest BCUT2D eigenvalue weighted by Crippen LogP contribution is -2.40. The summed E-state index contributed by atoms with van der Waals surface area (Å²) >= 11 is 0. The zero-order valence-corrected chi connectivity index (χ0v) is 12.0. The third-order valence-corrected chi connectivity index (χ3v) is 2.77. The molecule has 0 rings (SSSR count). The Morgan fingerprint density at radius 2 is 1.79 bits per heavy atom. The fourth-order valence-corrected chi connectivity index (χ4v) is 1.62. The molecule has 0 fully saturated rings. The first kappa shape index (κ1) is 17.9. The van der Waals surface area contributed by atoms with E-state index in [1.807, 2.05) is 13.8 Å². The molecule has 0 aliphatic rings. The molecule has 0 heterocycles. The number of carboxylic acid groups (broad SMARTS) is 1. The topological polar surface area (TPSA) is 98.7 Å². The molecule has 0 aromatic rings. The van der Waals surface area contributed by atoms with Gasteiger partial charge >= 0.3 is 5.97 Å². The normalized spacial score (nSPS) is 14.2. The Bertz CT molecular complexity index is 282. The number of aliphatic carboxylic acids is 1. The van der Waals surface area contributed by atoms with Crippen molar-refractivity contribution in [3.05, 3.63) is 0 Å². The summed E-state index contributed by atoms with van der Waals surface area (Å²) < 4.78 is 0. The Hall–Kier alpha value is -1.14. The van der Waals surface area contributed by atoms with E-state index in [0.717, 1.165) is 12.8 Å². The second-order valence-corrected chi connectivity index (χ2v) is 5.08. The number of rotatable bonds is 10. The van der Waals surface area contributed by atoms with Crippen molar-refractivity contribution in [2.45, 2.75) is 52.1 Å². The van der Waals surface area contributed by atoms with E-state index in [1.165, 1.54) is 0 Å². The standard InChI is InChI=1S/C13H26N2O4/c1-9(2)15-11(13(18)19)6-4-5-7-14-12(17)10(3)8-16/h9-11,15-16H,4-8H2,1-3H3,(H,14,17)(H,18,19)/t10-,11+/m1/s1. The van der Waals surface area contributed by atoms with Gasteiger partial charge in [0.1, 0.15) is 6.04 Å². The molecule has 19 heavy (non-hydrogen) atoms. The third-order valence-electron chi connectivity index (χ3n) is 2.77. The fraction of sp³-hybridized carbons (Fsp3) is 0.846. The summed E-state index contributed by atoms with van der Waals surface area (Å²) in [5.74, 6) is -1.40. The van der Waals surface area contributed by atoms with Gasteiger partial charge in [-0.3, -0.25) is 9.59 Å². The van der Waals surface area contributed by atoms with Crippen LogP contribution in [0.1, 0.15) is 40.0 Å². The zero-order valence-electron chi connectivity index (χ0n) is 12.0. The molecule has 0 unspecified atom stereocenters. The molecule has 6 nitrogen and oxygen atoms in total. The highest BCUT2D eigenvalue weighted by Crippen LogP contribution is 2.02. The predicted molar refractivity (Wildman–Crippen MR) is 72.8 cm³/mol. The molecule has 0 bridgehead atoms. The summed E-state index contributed by atoms with van der Waals surface area (Å²) in [6.07, 6.45) is 2.00.